The van der Waals surface area contributed by atoms with E-state index in [1.165, 1.54) is 262 Å². The Bertz CT molecular complexity index is 737. The van der Waals surface area contributed by atoms with Crippen LogP contribution in [0.1, 0.15) is 271 Å². The van der Waals surface area contributed by atoms with Crippen molar-refractivity contribution >= 4 is 13.2 Å². The number of esters is 1. The summed E-state index contributed by atoms with van der Waals surface area (Å²) in [7, 11) is -1.06. The van der Waals surface area contributed by atoms with Crippen LogP contribution < -0.4 is 0 Å². The first-order valence-corrected chi connectivity index (χ1v) is 27.3. The molecule has 0 heterocycles. The van der Waals surface area contributed by atoms with E-state index in [1.54, 1.807) is 0 Å². The molecule has 0 aliphatic heterocycles. The van der Waals surface area contributed by atoms with Crippen molar-refractivity contribution in [3.8, 4) is 0 Å². The Balaban J connectivity index is 4.24. The van der Waals surface area contributed by atoms with E-state index < -0.39 is 7.26 Å². The van der Waals surface area contributed by atoms with Gasteiger partial charge in [-0.1, -0.05) is 239 Å². The van der Waals surface area contributed by atoms with E-state index in [-0.39, 0.29) is 5.97 Å². The van der Waals surface area contributed by atoms with Crippen LogP contribution >= 0.6 is 7.26 Å². The molecule has 0 N–H and O–H groups in total. The second kappa shape index (κ2) is 42.8. The van der Waals surface area contributed by atoms with Gasteiger partial charge in [-0.05, 0) is 32.1 Å². The van der Waals surface area contributed by atoms with Gasteiger partial charge in [-0.15, -0.1) is 0 Å². The largest absolute Gasteiger partial charge is 0.462 e. The zero-order chi connectivity index (χ0) is 38.8. The van der Waals surface area contributed by atoms with Crippen LogP contribution in [0, 0.1) is 0 Å². The van der Waals surface area contributed by atoms with Crippen LogP contribution in [0.25, 0.3) is 0 Å². The van der Waals surface area contributed by atoms with Crippen molar-refractivity contribution in [1.82, 2.24) is 0 Å². The normalized spacial score (nSPS) is 13.3. The zero-order valence-corrected chi connectivity index (χ0v) is 38.2. The molecule has 0 amide bonds. The summed E-state index contributed by atoms with van der Waals surface area (Å²) < 4.78 is 5.56. The third kappa shape index (κ3) is 37.0. The fourth-order valence-electron chi connectivity index (χ4n) is 8.60. The number of rotatable bonds is 45. The Hall–Kier alpha value is -0.360. The maximum Gasteiger partial charge on any atom is 0.330 e. The Kier molecular flexibility index (Phi) is 42.5. The molecule has 53 heavy (non-hydrogen) atoms. The van der Waals surface area contributed by atoms with Crippen molar-refractivity contribution in [3.05, 3.63) is 12.7 Å². The molecule has 0 aliphatic carbocycles. The van der Waals surface area contributed by atoms with Crippen molar-refractivity contribution < 1.29 is 9.53 Å². The molecule has 2 nitrogen and oxygen atoms in total. The van der Waals surface area contributed by atoms with Crippen molar-refractivity contribution in [2.75, 3.05) is 25.6 Å². The van der Waals surface area contributed by atoms with Gasteiger partial charge < -0.3 is 4.74 Å². The summed E-state index contributed by atoms with van der Waals surface area (Å²) in [5.74, 6) is -0.251. The molecule has 0 aromatic carbocycles. The Morgan fingerprint density at radius 1 is 0.434 bits per heavy atom. The highest BCUT2D eigenvalue weighted by Gasteiger charge is 2.39. The van der Waals surface area contributed by atoms with E-state index in [1.807, 2.05) is 0 Å². The first-order valence-electron chi connectivity index (χ1n) is 24.7. The van der Waals surface area contributed by atoms with Crippen molar-refractivity contribution in [2.24, 2.45) is 0 Å². The first-order chi connectivity index (χ1) is 26.0. The fourth-order valence-corrected chi connectivity index (χ4v) is 13.1. The fraction of sp³-hybridized carbons (Fsp3) is 0.940. The van der Waals surface area contributed by atoms with Gasteiger partial charge in [0.25, 0.3) is 0 Å². The van der Waals surface area contributed by atoms with Crippen LogP contribution in [0.2, 0.25) is 0 Å². The molecule has 0 radical (unpaired) electrons. The lowest BCUT2D eigenvalue weighted by Crippen LogP contribution is -2.22. The lowest BCUT2D eigenvalue weighted by Gasteiger charge is -2.32. The van der Waals surface area contributed by atoms with Crippen LogP contribution in [0.15, 0.2) is 12.7 Å². The molecule has 0 spiro atoms. The van der Waals surface area contributed by atoms with E-state index in [4.69, 9.17) is 4.74 Å². The van der Waals surface area contributed by atoms with Gasteiger partial charge in [0.15, 0.2) is 0 Å². The smallest absolute Gasteiger partial charge is 0.330 e. The lowest BCUT2D eigenvalue weighted by molar-refractivity contribution is -0.137. The second-order valence-corrected chi connectivity index (χ2v) is 22.1. The third-order valence-corrected chi connectivity index (χ3v) is 17.4. The van der Waals surface area contributed by atoms with E-state index in [9.17, 15) is 4.79 Å². The zero-order valence-electron chi connectivity index (χ0n) is 37.3. The number of carbonyl (C=O) groups excluding carboxylic acids is 1. The number of carbonyl (C=O) groups is 1. The summed E-state index contributed by atoms with van der Waals surface area (Å²) in [5.41, 5.74) is 0.758. The SMILES string of the molecule is C=CC(=O)OCCC(CCCCCCCCCCCCCCCCCCC)[P+](C)(CCCC)CCCCCCCCCCCCCCCCCCCC. The second-order valence-electron chi connectivity index (χ2n) is 17.6. The lowest BCUT2D eigenvalue weighted by atomic mass is 10.0. The minimum Gasteiger partial charge on any atom is -0.462 e. The summed E-state index contributed by atoms with van der Waals surface area (Å²) in [6, 6.07) is 0. The summed E-state index contributed by atoms with van der Waals surface area (Å²) in [4.78, 5) is 11.9. The highest BCUT2D eigenvalue weighted by atomic mass is 31.2. The molecular formula is C50H100O2P+. The number of hydrogen-bond donors (Lipinski definition) is 0. The van der Waals surface area contributed by atoms with Crippen molar-refractivity contribution in [2.45, 2.75) is 277 Å². The Labute approximate surface area is 336 Å². The predicted octanol–water partition coefficient (Wildman–Crippen LogP) is 18.0. The molecule has 2 unspecified atom stereocenters. The van der Waals surface area contributed by atoms with Gasteiger partial charge in [-0.3, -0.25) is 0 Å². The standard InChI is InChI=1S/C50H100O2P/c1-6-10-13-15-17-19-21-23-25-27-29-31-33-35-37-39-41-43-48-53(5,47-12-8-3)49(45-46-52-50(51)9-4)44-42-40-38-36-34-32-30-28-26-24-22-20-18-16-14-11-7-2/h9,49H,4,6-8,10-48H2,1-3,5H3/q+1. The van der Waals surface area contributed by atoms with Gasteiger partial charge in [-0.25, -0.2) is 4.79 Å². The van der Waals surface area contributed by atoms with Crippen LogP contribution in [-0.4, -0.2) is 37.2 Å². The van der Waals surface area contributed by atoms with Gasteiger partial charge in [0.05, 0.1) is 24.6 Å². The summed E-state index contributed by atoms with van der Waals surface area (Å²) in [5, 5.41) is 0. The van der Waals surface area contributed by atoms with Crippen molar-refractivity contribution in [3.63, 3.8) is 0 Å². The summed E-state index contributed by atoms with van der Waals surface area (Å²) in [6.45, 7) is 13.9. The molecule has 0 fully saturated rings. The minimum absolute atomic E-state index is 0.251. The first kappa shape index (κ1) is 52.6. The van der Waals surface area contributed by atoms with Crippen LogP contribution in [0.5, 0.6) is 0 Å². The minimum atomic E-state index is -1.06. The summed E-state index contributed by atoms with van der Waals surface area (Å²) >= 11 is 0. The van der Waals surface area contributed by atoms with Gasteiger partial charge in [0.2, 0.25) is 0 Å². The predicted molar refractivity (Wildman–Crippen MR) is 245 cm³/mol. The van der Waals surface area contributed by atoms with Gasteiger partial charge in [0.1, 0.15) is 0 Å². The van der Waals surface area contributed by atoms with E-state index >= 15 is 0 Å². The van der Waals surface area contributed by atoms with E-state index in [0.717, 1.165) is 12.1 Å². The van der Waals surface area contributed by atoms with Crippen LogP contribution in [-0.2, 0) is 9.53 Å². The Morgan fingerprint density at radius 3 is 1.04 bits per heavy atom. The molecule has 3 heteroatoms. The quantitative estimate of drug-likeness (QED) is 0.0267. The van der Waals surface area contributed by atoms with E-state index in [0.29, 0.717) is 6.61 Å². The molecule has 316 valence electrons. The van der Waals surface area contributed by atoms with Crippen LogP contribution in [0.4, 0.5) is 0 Å². The molecule has 2 atom stereocenters. The van der Waals surface area contributed by atoms with Gasteiger partial charge >= 0.3 is 5.97 Å². The number of hydrogen-bond acceptors (Lipinski definition) is 2. The highest BCUT2D eigenvalue weighted by Crippen LogP contribution is 2.63. The molecule has 0 aliphatic rings. The maximum atomic E-state index is 11.9. The molecule has 0 rings (SSSR count). The van der Waals surface area contributed by atoms with Crippen LogP contribution in [0.3, 0.4) is 0 Å². The summed E-state index contributed by atoms with van der Waals surface area (Å²) in [6.07, 6.45) is 59.6. The van der Waals surface area contributed by atoms with E-state index in [2.05, 4.69) is 34.0 Å². The Morgan fingerprint density at radius 2 is 0.717 bits per heavy atom. The van der Waals surface area contributed by atoms with Gasteiger partial charge in [-0.2, -0.15) is 0 Å². The topological polar surface area (TPSA) is 26.3 Å². The molecule has 0 bridgehead atoms. The third-order valence-electron chi connectivity index (χ3n) is 12.4. The maximum absolute atomic E-state index is 11.9. The molecular weight excluding hydrogens is 664 g/mol. The number of ether oxygens (including phenoxy) is 1. The highest BCUT2D eigenvalue weighted by molar-refractivity contribution is 7.75. The van der Waals surface area contributed by atoms with Gasteiger partial charge in [0, 0.05) is 26.4 Å². The molecule has 0 saturated carbocycles. The molecule has 0 aromatic heterocycles. The molecule has 0 saturated heterocycles. The van der Waals surface area contributed by atoms with Crippen molar-refractivity contribution in [1.29, 1.82) is 0 Å². The average Bonchev–Trinajstić information content (AvgIpc) is 3.16. The number of unbranched alkanes of at least 4 members (excludes halogenated alkanes) is 34. The molecule has 0 aromatic rings. The average molecular weight is 764 g/mol. The monoisotopic (exact) mass is 764 g/mol.